The van der Waals surface area contributed by atoms with Crippen molar-refractivity contribution < 1.29 is 38.2 Å². The van der Waals surface area contributed by atoms with Crippen LogP contribution in [0.15, 0.2) is 24.3 Å². The van der Waals surface area contributed by atoms with Crippen LogP contribution >= 0.6 is 0 Å². The summed E-state index contributed by atoms with van der Waals surface area (Å²) < 4.78 is 15.8. The third kappa shape index (κ3) is 16.9. The van der Waals surface area contributed by atoms with Gasteiger partial charge in [-0.1, -0.05) is 43.7 Å². The average Bonchev–Trinajstić information content (AvgIpc) is 2.88. The molecule has 10 heteroatoms. The number of Topliss-reactive ketones (excluding diaryl/α,β-unsaturated/α-hetero) is 2. The molecule has 0 saturated carbocycles. The Balaban J connectivity index is 3.20. The number of carbonyl (C=O) groups excluding carboxylic acids is 5. The second-order valence-electron chi connectivity index (χ2n) is 12.5. The predicted octanol–water partition coefficient (Wildman–Crippen LogP) is 3.75. The average molecular weight is 605 g/mol. The van der Waals surface area contributed by atoms with Gasteiger partial charge in [0.1, 0.15) is 11.4 Å². The van der Waals surface area contributed by atoms with Gasteiger partial charge < -0.3 is 29.6 Å². The Morgan fingerprint density at radius 1 is 0.860 bits per heavy atom. The molecule has 0 radical (unpaired) electrons. The number of benzene rings is 1. The van der Waals surface area contributed by atoms with Crippen molar-refractivity contribution in [2.24, 2.45) is 17.8 Å². The fourth-order valence-electron chi connectivity index (χ4n) is 4.56. The number of aryl methyl sites for hydroxylation is 1. The van der Waals surface area contributed by atoms with E-state index in [-0.39, 0.29) is 62.2 Å². The largest absolute Gasteiger partial charge is 0.460 e. The zero-order chi connectivity index (χ0) is 32.6. The van der Waals surface area contributed by atoms with Crippen LogP contribution in [0.5, 0.6) is 0 Å². The molecule has 2 amide bonds. The molecule has 0 aliphatic heterocycles. The number of nitrogens with one attached hydrogen (secondary N) is 2. The minimum atomic E-state index is -1.01. The minimum absolute atomic E-state index is 0.0750. The molecular weight excluding hydrogens is 552 g/mol. The SMILES string of the molecule is COCCOCCNC(=O)[C@H](CC(=O)OC(C)(C)C)CC(=O)[C@H](Cc1ccc(C)cc1)NC(=O)[C@H](CC(C)=O)CC(C)C. The molecule has 0 aliphatic carbocycles. The van der Waals surface area contributed by atoms with Gasteiger partial charge in [-0.15, -0.1) is 0 Å². The van der Waals surface area contributed by atoms with Crippen LogP contribution in [-0.4, -0.2) is 74.5 Å². The molecule has 1 rings (SSSR count). The van der Waals surface area contributed by atoms with Crippen LogP contribution in [-0.2, 0) is 44.6 Å². The Labute approximate surface area is 257 Å². The van der Waals surface area contributed by atoms with Crippen LogP contribution in [0.25, 0.3) is 0 Å². The molecule has 2 N–H and O–H groups in total. The minimum Gasteiger partial charge on any atom is -0.460 e. The molecule has 0 heterocycles. The first-order chi connectivity index (χ1) is 20.1. The first kappa shape index (κ1) is 37.9. The van der Waals surface area contributed by atoms with Crippen molar-refractivity contribution >= 4 is 29.4 Å². The molecule has 242 valence electrons. The van der Waals surface area contributed by atoms with Crippen molar-refractivity contribution in [3.63, 3.8) is 0 Å². The maximum absolute atomic E-state index is 13.8. The number of esters is 1. The molecule has 0 spiro atoms. The summed E-state index contributed by atoms with van der Waals surface area (Å²) in [6, 6.07) is 6.66. The monoisotopic (exact) mass is 604 g/mol. The molecule has 0 aliphatic rings. The lowest BCUT2D eigenvalue weighted by Crippen LogP contribution is -2.47. The van der Waals surface area contributed by atoms with Gasteiger partial charge in [-0.3, -0.25) is 19.2 Å². The Morgan fingerprint density at radius 3 is 2.07 bits per heavy atom. The van der Waals surface area contributed by atoms with Crippen LogP contribution in [0.1, 0.15) is 78.4 Å². The van der Waals surface area contributed by atoms with Crippen LogP contribution in [0.3, 0.4) is 0 Å². The highest BCUT2D eigenvalue weighted by Gasteiger charge is 2.32. The number of ketones is 2. The maximum atomic E-state index is 13.8. The van der Waals surface area contributed by atoms with Crippen molar-refractivity contribution in [3.8, 4) is 0 Å². The Morgan fingerprint density at radius 2 is 1.51 bits per heavy atom. The smallest absolute Gasteiger partial charge is 0.307 e. The van der Waals surface area contributed by atoms with Gasteiger partial charge in [0.15, 0.2) is 5.78 Å². The van der Waals surface area contributed by atoms with Gasteiger partial charge >= 0.3 is 5.97 Å². The van der Waals surface area contributed by atoms with Gasteiger partial charge in [0.05, 0.1) is 38.2 Å². The van der Waals surface area contributed by atoms with E-state index in [0.717, 1.165) is 11.1 Å². The van der Waals surface area contributed by atoms with Gasteiger partial charge in [0.25, 0.3) is 0 Å². The summed E-state index contributed by atoms with van der Waals surface area (Å²) in [7, 11) is 1.56. The van der Waals surface area contributed by atoms with Crippen molar-refractivity contribution in [3.05, 3.63) is 35.4 Å². The second-order valence-corrected chi connectivity index (χ2v) is 12.5. The number of amides is 2. The molecule has 0 fully saturated rings. The maximum Gasteiger partial charge on any atom is 0.307 e. The van der Waals surface area contributed by atoms with Crippen molar-refractivity contribution in [2.75, 3.05) is 33.5 Å². The lowest BCUT2D eigenvalue weighted by atomic mass is 9.89. The number of methoxy groups -OCH3 is 1. The van der Waals surface area contributed by atoms with Crippen LogP contribution < -0.4 is 10.6 Å². The molecular formula is C33H52N2O8. The van der Waals surface area contributed by atoms with Gasteiger partial charge in [-0.25, -0.2) is 0 Å². The first-order valence-electron chi connectivity index (χ1n) is 15.1. The van der Waals surface area contributed by atoms with Gasteiger partial charge in [-0.2, -0.15) is 0 Å². The van der Waals surface area contributed by atoms with Gasteiger partial charge in [0, 0.05) is 32.4 Å². The molecule has 10 nitrogen and oxygen atoms in total. The molecule has 0 bridgehead atoms. The number of carbonyl (C=O) groups is 5. The molecule has 3 atom stereocenters. The van der Waals surface area contributed by atoms with E-state index in [1.165, 1.54) is 6.92 Å². The van der Waals surface area contributed by atoms with E-state index in [1.807, 2.05) is 45.0 Å². The Kier molecular flexibility index (Phi) is 17.0. The summed E-state index contributed by atoms with van der Waals surface area (Å²) in [5, 5.41) is 5.62. The molecule has 1 aromatic carbocycles. The van der Waals surface area contributed by atoms with E-state index in [4.69, 9.17) is 14.2 Å². The van der Waals surface area contributed by atoms with E-state index < -0.39 is 35.4 Å². The summed E-state index contributed by atoms with van der Waals surface area (Å²) in [5.74, 6) is -3.38. The normalized spacial score (nSPS) is 13.6. The van der Waals surface area contributed by atoms with E-state index in [0.29, 0.717) is 19.6 Å². The topological polar surface area (TPSA) is 137 Å². The standard InChI is InChI=1S/C33H52N2O8/c1-22(2)17-26(18-24(4)36)32(40)35-28(19-25-11-9-23(3)10-12-25)29(37)20-27(21-30(38)43-33(5,6)7)31(39)34-13-14-42-16-15-41-8/h9-12,22,26-28H,13-21H2,1-8H3,(H,34,39)(H,35,40)/t26-,27-,28-/m0/s1. The molecule has 0 aromatic heterocycles. The van der Waals surface area contributed by atoms with Gasteiger partial charge in [-0.05, 0) is 58.9 Å². The predicted molar refractivity (Wildman–Crippen MR) is 164 cm³/mol. The number of hydrogen-bond acceptors (Lipinski definition) is 8. The number of hydrogen-bond donors (Lipinski definition) is 2. The van der Waals surface area contributed by atoms with E-state index >= 15 is 0 Å². The fourth-order valence-corrected chi connectivity index (χ4v) is 4.56. The summed E-state index contributed by atoms with van der Waals surface area (Å²) in [6.07, 6.45) is 0.185. The van der Waals surface area contributed by atoms with Crippen LogP contribution in [0, 0.1) is 24.7 Å². The van der Waals surface area contributed by atoms with Crippen molar-refractivity contribution in [1.29, 1.82) is 0 Å². The summed E-state index contributed by atoms with van der Waals surface area (Å²) in [5.41, 5.74) is 1.12. The summed E-state index contributed by atoms with van der Waals surface area (Å²) in [6.45, 7) is 13.7. The molecule has 1 aromatic rings. The Hall–Kier alpha value is -3.11. The van der Waals surface area contributed by atoms with Gasteiger partial charge in [0.2, 0.25) is 11.8 Å². The molecule has 0 saturated heterocycles. The summed E-state index contributed by atoms with van der Waals surface area (Å²) >= 11 is 0. The van der Waals surface area contributed by atoms with Crippen molar-refractivity contribution in [1.82, 2.24) is 10.6 Å². The third-order valence-electron chi connectivity index (χ3n) is 6.56. The van der Waals surface area contributed by atoms with Crippen molar-refractivity contribution in [2.45, 2.75) is 92.2 Å². The Bertz CT molecular complexity index is 1050. The number of ether oxygens (including phenoxy) is 3. The quantitative estimate of drug-likeness (QED) is 0.170. The fraction of sp³-hybridized carbons (Fsp3) is 0.667. The second kappa shape index (κ2) is 19.2. The highest BCUT2D eigenvalue weighted by Crippen LogP contribution is 2.20. The molecule has 43 heavy (non-hydrogen) atoms. The van der Waals surface area contributed by atoms with E-state index in [2.05, 4.69) is 10.6 Å². The first-order valence-corrected chi connectivity index (χ1v) is 15.1. The highest BCUT2D eigenvalue weighted by atomic mass is 16.6. The van der Waals surface area contributed by atoms with Crippen LogP contribution in [0.2, 0.25) is 0 Å². The zero-order valence-corrected chi connectivity index (χ0v) is 27.2. The van der Waals surface area contributed by atoms with E-state index in [1.54, 1.807) is 27.9 Å². The lowest BCUT2D eigenvalue weighted by Gasteiger charge is -2.25. The van der Waals surface area contributed by atoms with E-state index in [9.17, 15) is 24.0 Å². The van der Waals surface area contributed by atoms with Crippen LogP contribution in [0.4, 0.5) is 0 Å². The number of rotatable bonds is 20. The highest BCUT2D eigenvalue weighted by molar-refractivity contribution is 5.95. The zero-order valence-electron chi connectivity index (χ0n) is 27.2. The molecule has 0 unspecified atom stereocenters. The lowest BCUT2D eigenvalue weighted by molar-refractivity contribution is -0.157. The third-order valence-corrected chi connectivity index (χ3v) is 6.56. The summed E-state index contributed by atoms with van der Waals surface area (Å²) in [4.78, 5) is 65.0.